The molecule has 0 aliphatic heterocycles. The van der Waals surface area contributed by atoms with Crippen molar-refractivity contribution in [3.63, 3.8) is 0 Å². The predicted molar refractivity (Wildman–Crippen MR) is 58.0 cm³/mol. The van der Waals surface area contributed by atoms with E-state index in [2.05, 4.69) is 43.6 Å². The minimum Gasteiger partial charge on any atom is -0.133 e. The number of rotatable bonds is 2. The SMILES string of the molecule is Cc1c(CP)cccc1CP. The maximum Gasteiger partial charge on any atom is -0.0126 e. The Labute approximate surface area is 73.2 Å². The van der Waals surface area contributed by atoms with Crippen LogP contribution >= 0.6 is 18.5 Å². The smallest absolute Gasteiger partial charge is 0.0126 e. The molecule has 60 valence electrons. The van der Waals surface area contributed by atoms with Crippen molar-refractivity contribution < 1.29 is 0 Å². The van der Waals surface area contributed by atoms with Crippen molar-refractivity contribution in [1.82, 2.24) is 0 Å². The van der Waals surface area contributed by atoms with Gasteiger partial charge in [0.25, 0.3) is 0 Å². The minimum absolute atomic E-state index is 1.06. The Hall–Kier alpha value is 0.0800. The van der Waals surface area contributed by atoms with Crippen molar-refractivity contribution in [3.8, 4) is 0 Å². The maximum absolute atomic E-state index is 2.76. The van der Waals surface area contributed by atoms with E-state index >= 15 is 0 Å². The van der Waals surface area contributed by atoms with E-state index in [1.807, 2.05) is 0 Å². The van der Waals surface area contributed by atoms with Crippen LogP contribution in [0.25, 0.3) is 0 Å². The summed E-state index contributed by atoms with van der Waals surface area (Å²) in [6, 6.07) is 6.50. The molecule has 0 N–H and O–H groups in total. The molecule has 0 bridgehead atoms. The van der Waals surface area contributed by atoms with Crippen LogP contribution in [0.1, 0.15) is 16.7 Å². The monoisotopic (exact) mass is 184 g/mol. The molecule has 2 atom stereocenters. The Morgan fingerprint density at radius 3 is 1.91 bits per heavy atom. The van der Waals surface area contributed by atoms with E-state index in [0.29, 0.717) is 0 Å². The second kappa shape index (κ2) is 4.19. The van der Waals surface area contributed by atoms with Crippen molar-refractivity contribution >= 4 is 18.5 Å². The van der Waals surface area contributed by atoms with Crippen LogP contribution in [0.3, 0.4) is 0 Å². The maximum atomic E-state index is 2.76. The Balaban J connectivity index is 3.10. The van der Waals surface area contributed by atoms with Crippen molar-refractivity contribution in [2.24, 2.45) is 0 Å². The van der Waals surface area contributed by atoms with Crippen LogP contribution in [0.15, 0.2) is 18.2 Å². The third-order valence-electron chi connectivity index (χ3n) is 2.00. The summed E-state index contributed by atoms with van der Waals surface area (Å²) in [7, 11) is 5.53. The molecule has 0 saturated carbocycles. The molecule has 2 heteroatoms. The molecule has 11 heavy (non-hydrogen) atoms. The van der Waals surface area contributed by atoms with Gasteiger partial charge >= 0.3 is 0 Å². The first-order chi connectivity index (χ1) is 5.29. The molecule has 1 aromatic carbocycles. The van der Waals surface area contributed by atoms with Gasteiger partial charge in [-0.05, 0) is 35.9 Å². The van der Waals surface area contributed by atoms with E-state index in [1.54, 1.807) is 0 Å². The fourth-order valence-electron chi connectivity index (χ4n) is 1.18. The lowest BCUT2D eigenvalue weighted by atomic mass is 10.1. The first-order valence-electron chi connectivity index (χ1n) is 3.77. The largest absolute Gasteiger partial charge is 0.133 e. The second-order valence-electron chi connectivity index (χ2n) is 2.61. The van der Waals surface area contributed by atoms with Crippen molar-refractivity contribution in [1.29, 1.82) is 0 Å². The third kappa shape index (κ3) is 2.01. The van der Waals surface area contributed by atoms with Gasteiger partial charge in [0.1, 0.15) is 0 Å². The molecule has 0 fully saturated rings. The van der Waals surface area contributed by atoms with Gasteiger partial charge in [0.2, 0.25) is 0 Å². The summed E-state index contributed by atoms with van der Waals surface area (Å²) in [6.07, 6.45) is 2.12. The van der Waals surface area contributed by atoms with Crippen LogP contribution in [-0.2, 0) is 12.3 Å². The first-order valence-corrected chi connectivity index (χ1v) is 5.40. The van der Waals surface area contributed by atoms with Crippen molar-refractivity contribution in [3.05, 3.63) is 34.9 Å². The van der Waals surface area contributed by atoms with Gasteiger partial charge in [0, 0.05) is 0 Å². The lowest BCUT2D eigenvalue weighted by Gasteiger charge is -2.06. The van der Waals surface area contributed by atoms with Crippen LogP contribution < -0.4 is 0 Å². The van der Waals surface area contributed by atoms with Crippen LogP contribution in [0, 0.1) is 6.92 Å². The quantitative estimate of drug-likeness (QED) is 0.620. The van der Waals surface area contributed by atoms with E-state index in [4.69, 9.17) is 0 Å². The van der Waals surface area contributed by atoms with E-state index in [9.17, 15) is 0 Å². The van der Waals surface area contributed by atoms with Gasteiger partial charge in [-0.2, -0.15) is 0 Å². The highest BCUT2D eigenvalue weighted by Crippen LogP contribution is 2.18. The lowest BCUT2D eigenvalue weighted by molar-refractivity contribution is 1.23. The fourth-order valence-corrected chi connectivity index (χ4v) is 2.06. The third-order valence-corrected chi connectivity index (χ3v) is 2.88. The summed E-state index contributed by atoms with van der Waals surface area (Å²) in [4.78, 5) is 0. The molecule has 0 aromatic heterocycles. The Bertz CT molecular complexity index is 221. The van der Waals surface area contributed by atoms with Gasteiger partial charge in [0.05, 0.1) is 0 Å². The summed E-state index contributed by atoms with van der Waals surface area (Å²) in [5, 5.41) is 0. The number of hydrogen-bond acceptors (Lipinski definition) is 0. The molecule has 0 spiro atoms. The Morgan fingerprint density at radius 2 is 1.55 bits per heavy atom. The normalized spacial score (nSPS) is 10.1. The van der Waals surface area contributed by atoms with Crippen LogP contribution in [0.2, 0.25) is 0 Å². The summed E-state index contributed by atoms with van der Waals surface area (Å²) in [6.45, 7) is 2.19. The molecule has 0 radical (unpaired) electrons. The van der Waals surface area contributed by atoms with Crippen LogP contribution in [0.5, 0.6) is 0 Å². The zero-order chi connectivity index (χ0) is 8.27. The van der Waals surface area contributed by atoms with E-state index in [1.165, 1.54) is 16.7 Å². The van der Waals surface area contributed by atoms with E-state index in [-0.39, 0.29) is 0 Å². The number of benzene rings is 1. The Kier molecular flexibility index (Phi) is 3.49. The number of hydrogen-bond donors (Lipinski definition) is 0. The highest BCUT2D eigenvalue weighted by molar-refractivity contribution is 7.15. The van der Waals surface area contributed by atoms with Gasteiger partial charge in [-0.1, -0.05) is 18.2 Å². The van der Waals surface area contributed by atoms with E-state index < -0.39 is 0 Å². The molecule has 1 aromatic rings. The van der Waals surface area contributed by atoms with E-state index in [0.717, 1.165) is 12.3 Å². The second-order valence-corrected chi connectivity index (χ2v) is 3.43. The average Bonchev–Trinajstić information content (AvgIpc) is 2.05. The molecular weight excluding hydrogens is 170 g/mol. The Morgan fingerprint density at radius 1 is 1.09 bits per heavy atom. The zero-order valence-electron chi connectivity index (χ0n) is 6.80. The van der Waals surface area contributed by atoms with Gasteiger partial charge in [-0.25, -0.2) is 0 Å². The van der Waals surface area contributed by atoms with Gasteiger partial charge < -0.3 is 0 Å². The van der Waals surface area contributed by atoms with Gasteiger partial charge in [-0.15, -0.1) is 18.5 Å². The standard InChI is InChI=1S/C9H14P2/c1-7-8(5-10)3-2-4-9(7)6-11/h2-4H,5-6,10-11H2,1H3. The molecule has 0 aliphatic carbocycles. The van der Waals surface area contributed by atoms with Crippen LogP contribution in [-0.4, -0.2) is 0 Å². The zero-order valence-corrected chi connectivity index (χ0v) is 9.11. The molecule has 0 amide bonds. The molecule has 1 rings (SSSR count). The lowest BCUT2D eigenvalue weighted by Crippen LogP contribution is -1.89. The molecule has 0 aliphatic rings. The summed E-state index contributed by atoms with van der Waals surface area (Å²) in [5.41, 5.74) is 4.32. The molecule has 0 heterocycles. The summed E-state index contributed by atoms with van der Waals surface area (Å²) >= 11 is 0. The fraction of sp³-hybridized carbons (Fsp3) is 0.333. The van der Waals surface area contributed by atoms with Crippen molar-refractivity contribution in [2.75, 3.05) is 0 Å². The highest BCUT2D eigenvalue weighted by atomic mass is 31.0. The predicted octanol–water partition coefficient (Wildman–Crippen LogP) is 2.75. The van der Waals surface area contributed by atoms with Gasteiger partial charge in [0.15, 0.2) is 0 Å². The minimum atomic E-state index is 1.06. The topological polar surface area (TPSA) is 0 Å². The highest BCUT2D eigenvalue weighted by Gasteiger charge is 1.98. The van der Waals surface area contributed by atoms with Crippen LogP contribution in [0.4, 0.5) is 0 Å². The summed E-state index contributed by atoms with van der Waals surface area (Å²) in [5.74, 6) is 0. The molecule has 2 unspecified atom stereocenters. The molecule has 0 nitrogen and oxygen atoms in total. The first kappa shape index (κ1) is 9.17. The molecular formula is C9H14P2. The van der Waals surface area contributed by atoms with Crippen molar-refractivity contribution in [2.45, 2.75) is 19.2 Å². The molecule has 0 saturated heterocycles. The summed E-state index contributed by atoms with van der Waals surface area (Å²) < 4.78 is 0. The van der Waals surface area contributed by atoms with Gasteiger partial charge in [-0.3, -0.25) is 0 Å². The average molecular weight is 184 g/mol.